The number of allylic oxidation sites excluding steroid dienone is 1. The van der Waals surface area contributed by atoms with Crippen LogP contribution in [0.25, 0.3) is 0 Å². The van der Waals surface area contributed by atoms with Crippen LogP contribution in [0.2, 0.25) is 0 Å². The second kappa shape index (κ2) is 8.00. The highest BCUT2D eigenvalue weighted by molar-refractivity contribution is 5.98. The van der Waals surface area contributed by atoms with Crippen LogP contribution >= 0.6 is 0 Å². The van der Waals surface area contributed by atoms with Crippen molar-refractivity contribution < 1.29 is 32.3 Å². The molecular formula is C21H22F3NO4. The predicted octanol–water partition coefficient (Wildman–Crippen LogP) is 4.13. The molecule has 29 heavy (non-hydrogen) atoms. The largest absolute Gasteiger partial charge is 0.458 e. The van der Waals surface area contributed by atoms with E-state index < -0.39 is 29.7 Å². The number of imide groups is 1. The Hall–Kier alpha value is -2.64. The molecule has 1 heterocycles. The summed E-state index contributed by atoms with van der Waals surface area (Å²) in [5.74, 6) is -2.06. The second-order valence-electron chi connectivity index (χ2n) is 7.58. The second-order valence-corrected chi connectivity index (χ2v) is 7.58. The van der Waals surface area contributed by atoms with Crippen LogP contribution < -0.4 is 0 Å². The van der Waals surface area contributed by atoms with Crippen molar-refractivity contribution in [1.29, 1.82) is 0 Å². The lowest BCUT2D eigenvalue weighted by Crippen LogP contribution is -2.44. The fourth-order valence-electron chi connectivity index (χ4n) is 3.71. The molecule has 0 N–H and O–H groups in total. The number of halogens is 3. The Morgan fingerprint density at radius 2 is 1.69 bits per heavy atom. The summed E-state index contributed by atoms with van der Waals surface area (Å²) in [6.45, 7) is 4.14. The van der Waals surface area contributed by atoms with E-state index in [2.05, 4.69) is 0 Å². The van der Waals surface area contributed by atoms with Gasteiger partial charge in [-0.15, -0.1) is 0 Å². The van der Waals surface area contributed by atoms with Crippen LogP contribution in [0.5, 0.6) is 0 Å². The summed E-state index contributed by atoms with van der Waals surface area (Å²) in [7, 11) is 0. The normalized spacial score (nSPS) is 22.8. The smallest absolute Gasteiger partial charge is 0.416 e. The van der Waals surface area contributed by atoms with Crippen molar-refractivity contribution in [2.24, 2.45) is 5.92 Å². The summed E-state index contributed by atoms with van der Waals surface area (Å²) >= 11 is 0. The Bertz CT molecular complexity index is 858. The number of amides is 2. The summed E-state index contributed by atoms with van der Waals surface area (Å²) in [6, 6.07) is 3.75. The Morgan fingerprint density at radius 1 is 1.07 bits per heavy atom. The molecule has 1 aromatic rings. The highest BCUT2D eigenvalue weighted by Crippen LogP contribution is 2.34. The van der Waals surface area contributed by atoms with Gasteiger partial charge in [0.25, 0.3) is 0 Å². The minimum Gasteiger partial charge on any atom is -0.458 e. The van der Waals surface area contributed by atoms with Crippen molar-refractivity contribution in [3.8, 4) is 0 Å². The zero-order valence-corrected chi connectivity index (χ0v) is 16.2. The van der Waals surface area contributed by atoms with Gasteiger partial charge < -0.3 is 4.74 Å². The van der Waals surface area contributed by atoms with Gasteiger partial charge in [-0.3, -0.25) is 14.5 Å². The lowest BCUT2D eigenvalue weighted by atomic mass is 9.81. The Balaban J connectivity index is 1.78. The molecule has 0 unspecified atom stereocenters. The van der Waals surface area contributed by atoms with Crippen LogP contribution in [0.3, 0.4) is 0 Å². The summed E-state index contributed by atoms with van der Waals surface area (Å²) in [6.07, 6.45) is -3.61. The third-order valence-electron chi connectivity index (χ3n) is 5.57. The quantitative estimate of drug-likeness (QED) is 0.428. The van der Waals surface area contributed by atoms with Gasteiger partial charge in [0.1, 0.15) is 6.10 Å². The van der Waals surface area contributed by atoms with Gasteiger partial charge in [0, 0.05) is 19.4 Å². The molecule has 1 aliphatic heterocycles. The number of hydrogen-bond acceptors (Lipinski definition) is 4. The van der Waals surface area contributed by atoms with E-state index in [1.165, 1.54) is 4.90 Å². The Kier molecular flexibility index (Phi) is 5.82. The summed E-state index contributed by atoms with van der Waals surface area (Å²) in [4.78, 5) is 38.6. The van der Waals surface area contributed by atoms with Crippen LogP contribution in [-0.4, -0.2) is 35.3 Å². The van der Waals surface area contributed by atoms with E-state index in [9.17, 15) is 27.6 Å². The van der Waals surface area contributed by atoms with E-state index in [0.29, 0.717) is 32.2 Å². The topological polar surface area (TPSA) is 63.7 Å². The Morgan fingerprint density at radius 3 is 2.24 bits per heavy atom. The number of hydrogen-bond donors (Lipinski definition) is 0. The maximum absolute atomic E-state index is 12.9. The van der Waals surface area contributed by atoms with E-state index in [1.807, 2.05) is 13.8 Å². The number of rotatable bonds is 3. The van der Waals surface area contributed by atoms with Crippen molar-refractivity contribution >= 4 is 17.8 Å². The molecule has 0 radical (unpaired) electrons. The average molecular weight is 409 g/mol. The molecule has 2 aliphatic rings. The highest BCUT2D eigenvalue weighted by Gasteiger charge is 2.40. The molecule has 0 bridgehead atoms. The number of carbonyl (C=O) groups excluding carboxylic acids is 3. The standard InChI is InChI=1S/C21H22F3NO4/c1-12-10-16(19(27)25-9-3-4-18(25)26)17(11-13(12)2)29-20(28)14-5-7-15(8-6-14)21(22,23)24/h5-8,16-17H,3-4,9-11H2,1-2H3/t16-,17-/m1/s1. The molecule has 156 valence electrons. The monoisotopic (exact) mass is 409 g/mol. The van der Waals surface area contributed by atoms with Crippen LogP contribution in [0.4, 0.5) is 13.2 Å². The minimum atomic E-state index is -4.50. The zero-order valence-electron chi connectivity index (χ0n) is 16.2. The SMILES string of the molecule is CC1=C(C)C[C@@H](C(=O)N2CCCC2=O)[C@H](OC(=O)c2ccc(C(F)(F)F)cc2)C1. The van der Waals surface area contributed by atoms with Crippen LogP contribution in [0.15, 0.2) is 35.4 Å². The van der Waals surface area contributed by atoms with Gasteiger partial charge in [-0.1, -0.05) is 11.1 Å². The molecule has 1 saturated heterocycles. The molecule has 0 aromatic heterocycles. The first-order valence-electron chi connectivity index (χ1n) is 9.45. The first-order valence-corrected chi connectivity index (χ1v) is 9.45. The number of benzene rings is 1. The van der Waals surface area contributed by atoms with Gasteiger partial charge in [-0.05, 0) is 51.0 Å². The molecule has 2 atom stereocenters. The molecule has 2 amide bonds. The van der Waals surface area contributed by atoms with Crippen LogP contribution in [-0.2, 0) is 20.5 Å². The molecule has 1 aliphatic carbocycles. The minimum absolute atomic E-state index is 0.0228. The highest BCUT2D eigenvalue weighted by atomic mass is 19.4. The molecule has 1 fully saturated rings. The van der Waals surface area contributed by atoms with Crippen LogP contribution in [0, 0.1) is 5.92 Å². The number of alkyl halides is 3. The van der Waals surface area contributed by atoms with Gasteiger partial charge in [-0.25, -0.2) is 4.79 Å². The van der Waals surface area contributed by atoms with E-state index in [1.54, 1.807) is 0 Å². The first-order chi connectivity index (χ1) is 13.6. The maximum Gasteiger partial charge on any atom is 0.416 e. The predicted molar refractivity (Wildman–Crippen MR) is 97.7 cm³/mol. The summed E-state index contributed by atoms with van der Waals surface area (Å²) in [5.41, 5.74) is 1.12. The van der Waals surface area contributed by atoms with E-state index in [-0.39, 0.29) is 17.4 Å². The first kappa shape index (κ1) is 21.1. The van der Waals surface area contributed by atoms with E-state index >= 15 is 0 Å². The number of likely N-dealkylation sites (tertiary alicyclic amines) is 1. The van der Waals surface area contributed by atoms with Crippen molar-refractivity contribution in [2.75, 3.05) is 6.54 Å². The molecule has 5 nitrogen and oxygen atoms in total. The van der Waals surface area contributed by atoms with Crippen molar-refractivity contribution in [3.63, 3.8) is 0 Å². The zero-order chi connectivity index (χ0) is 21.3. The molecule has 3 rings (SSSR count). The summed E-state index contributed by atoms with van der Waals surface area (Å²) < 4.78 is 43.6. The van der Waals surface area contributed by atoms with E-state index in [0.717, 1.165) is 35.4 Å². The van der Waals surface area contributed by atoms with Gasteiger partial charge >= 0.3 is 12.1 Å². The number of nitrogens with zero attached hydrogens (tertiary/aromatic N) is 1. The molecule has 0 spiro atoms. The van der Waals surface area contributed by atoms with Crippen molar-refractivity contribution in [1.82, 2.24) is 4.90 Å². The number of esters is 1. The van der Waals surface area contributed by atoms with Crippen molar-refractivity contribution in [3.05, 3.63) is 46.5 Å². The molecule has 1 aromatic carbocycles. The number of carbonyl (C=O) groups is 3. The average Bonchev–Trinajstić information content (AvgIpc) is 3.09. The lowest BCUT2D eigenvalue weighted by Gasteiger charge is -2.33. The molecular weight excluding hydrogens is 387 g/mol. The fraction of sp³-hybridized carbons (Fsp3) is 0.476. The van der Waals surface area contributed by atoms with Crippen LogP contribution in [0.1, 0.15) is 55.5 Å². The fourth-order valence-corrected chi connectivity index (χ4v) is 3.71. The lowest BCUT2D eigenvalue weighted by molar-refractivity contribution is -0.147. The molecule has 0 saturated carbocycles. The van der Waals surface area contributed by atoms with Gasteiger partial charge in [-0.2, -0.15) is 13.2 Å². The summed E-state index contributed by atoms with van der Waals surface area (Å²) in [5, 5.41) is 0. The van der Waals surface area contributed by atoms with Gasteiger partial charge in [0.15, 0.2) is 0 Å². The Labute approximate surface area is 166 Å². The maximum atomic E-state index is 12.9. The molecule has 8 heteroatoms. The van der Waals surface area contributed by atoms with Crippen molar-refractivity contribution in [2.45, 2.75) is 51.8 Å². The van der Waals surface area contributed by atoms with E-state index in [4.69, 9.17) is 4.74 Å². The third-order valence-corrected chi connectivity index (χ3v) is 5.57. The van der Waals surface area contributed by atoms with Gasteiger partial charge in [0.2, 0.25) is 11.8 Å². The number of ether oxygens (including phenoxy) is 1. The third kappa shape index (κ3) is 4.52. The van der Waals surface area contributed by atoms with Gasteiger partial charge in [0.05, 0.1) is 17.0 Å².